The maximum atomic E-state index is 9.50. The lowest BCUT2D eigenvalue weighted by atomic mass is 9.54. The van der Waals surface area contributed by atoms with Gasteiger partial charge < -0.3 is 5.02 Å². The molecule has 2 rings (SSSR count). The van der Waals surface area contributed by atoms with Gasteiger partial charge in [0.15, 0.2) is 0 Å². The lowest BCUT2D eigenvalue weighted by Crippen LogP contribution is -2.17. The number of hydrogen-bond acceptors (Lipinski definition) is 1. The summed E-state index contributed by atoms with van der Waals surface area (Å²) >= 11 is 0. The van der Waals surface area contributed by atoms with Gasteiger partial charge in [0.25, 0.3) is 6.92 Å². The van der Waals surface area contributed by atoms with Crippen LogP contribution in [0.3, 0.4) is 0 Å². The Morgan fingerprint density at radius 2 is 1.83 bits per heavy atom. The molecule has 1 aromatic rings. The van der Waals surface area contributed by atoms with E-state index in [1.165, 1.54) is 17.6 Å². The summed E-state index contributed by atoms with van der Waals surface area (Å²) in [6.07, 6.45) is 6.76. The molecular weight excluding hydrogens is 219 g/mol. The molecule has 1 aliphatic rings. The minimum absolute atomic E-state index is 0.168. The van der Waals surface area contributed by atoms with Gasteiger partial charge in [-0.25, -0.2) is 0 Å². The first-order valence-corrected chi connectivity index (χ1v) is 7.11. The predicted octanol–water partition coefficient (Wildman–Crippen LogP) is 4.65. The van der Waals surface area contributed by atoms with Crippen molar-refractivity contribution in [3.8, 4) is 0 Å². The van der Waals surface area contributed by atoms with Gasteiger partial charge in [-0.05, 0) is 29.8 Å². The van der Waals surface area contributed by atoms with Crippen LogP contribution in [0.5, 0.6) is 0 Å². The van der Waals surface area contributed by atoms with Crippen molar-refractivity contribution < 1.29 is 5.02 Å². The second kappa shape index (κ2) is 8.15. The van der Waals surface area contributed by atoms with Crippen LogP contribution in [0.15, 0.2) is 36.4 Å². The van der Waals surface area contributed by atoms with Crippen LogP contribution in [0.4, 0.5) is 0 Å². The number of rotatable bonds is 2. The SMILES string of the molecule is CB(O)C1CC=C(c2ccccc2)CC1.CCC. The van der Waals surface area contributed by atoms with Crippen molar-refractivity contribution in [1.29, 1.82) is 0 Å². The molecule has 1 nitrogen and oxygen atoms in total. The van der Waals surface area contributed by atoms with Crippen LogP contribution >= 0.6 is 0 Å². The lowest BCUT2D eigenvalue weighted by Gasteiger charge is -2.22. The van der Waals surface area contributed by atoms with Crippen molar-refractivity contribution in [3.05, 3.63) is 42.0 Å². The second-order valence-corrected chi connectivity index (χ2v) is 5.08. The molecule has 1 aliphatic carbocycles. The molecule has 0 radical (unpaired) electrons. The Hall–Kier alpha value is -1.02. The fourth-order valence-corrected chi connectivity index (χ4v) is 2.21. The summed E-state index contributed by atoms with van der Waals surface area (Å²) in [6, 6.07) is 10.5. The van der Waals surface area contributed by atoms with Gasteiger partial charge in [0, 0.05) is 0 Å². The van der Waals surface area contributed by atoms with Gasteiger partial charge in [0.1, 0.15) is 0 Å². The highest BCUT2D eigenvalue weighted by atomic mass is 16.2. The van der Waals surface area contributed by atoms with E-state index in [1.54, 1.807) is 0 Å². The fraction of sp³-hybridized carbons (Fsp3) is 0.500. The van der Waals surface area contributed by atoms with E-state index < -0.39 is 0 Å². The Kier molecular flexibility index (Phi) is 6.81. The van der Waals surface area contributed by atoms with E-state index in [-0.39, 0.29) is 6.92 Å². The minimum atomic E-state index is -0.168. The molecule has 0 spiro atoms. The van der Waals surface area contributed by atoms with Crippen molar-refractivity contribution >= 4 is 12.5 Å². The molecule has 1 unspecified atom stereocenters. The first-order chi connectivity index (χ1) is 8.69. The molecule has 0 saturated heterocycles. The van der Waals surface area contributed by atoms with Crippen molar-refractivity contribution in [3.63, 3.8) is 0 Å². The smallest absolute Gasteiger partial charge is 0.289 e. The minimum Gasteiger partial charge on any atom is -0.450 e. The van der Waals surface area contributed by atoms with Gasteiger partial charge in [-0.1, -0.05) is 69.9 Å². The highest BCUT2D eigenvalue weighted by Gasteiger charge is 2.22. The van der Waals surface area contributed by atoms with E-state index in [1.807, 2.05) is 12.9 Å². The molecule has 18 heavy (non-hydrogen) atoms. The maximum absolute atomic E-state index is 9.50. The molecular formula is C16H25BO. The molecule has 2 heteroatoms. The molecule has 1 aromatic carbocycles. The summed E-state index contributed by atoms with van der Waals surface area (Å²) in [7, 11) is 0. The Labute approximate surface area is 112 Å². The summed E-state index contributed by atoms with van der Waals surface area (Å²) in [5, 5.41) is 9.50. The molecule has 98 valence electrons. The van der Waals surface area contributed by atoms with Gasteiger partial charge in [0.05, 0.1) is 0 Å². The third-order valence-electron chi connectivity index (χ3n) is 3.28. The third-order valence-corrected chi connectivity index (χ3v) is 3.28. The van der Waals surface area contributed by atoms with Crippen LogP contribution in [-0.4, -0.2) is 11.9 Å². The Morgan fingerprint density at radius 1 is 1.22 bits per heavy atom. The van der Waals surface area contributed by atoms with E-state index in [2.05, 4.69) is 44.2 Å². The summed E-state index contributed by atoms with van der Waals surface area (Å²) in [6.45, 7) is 5.98. The summed E-state index contributed by atoms with van der Waals surface area (Å²) in [5.74, 6) is 0.456. The lowest BCUT2D eigenvalue weighted by molar-refractivity contribution is 0.534. The van der Waals surface area contributed by atoms with Crippen LogP contribution in [0, 0.1) is 0 Å². The van der Waals surface area contributed by atoms with Crippen molar-refractivity contribution in [2.24, 2.45) is 0 Å². The van der Waals surface area contributed by atoms with Gasteiger partial charge in [-0.2, -0.15) is 0 Å². The van der Waals surface area contributed by atoms with Crippen LogP contribution in [-0.2, 0) is 0 Å². The first-order valence-electron chi connectivity index (χ1n) is 7.11. The molecule has 0 saturated carbocycles. The van der Waals surface area contributed by atoms with E-state index in [0.29, 0.717) is 5.82 Å². The monoisotopic (exact) mass is 244 g/mol. The summed E-state index contributed by atoms with van der Waals surface area (Å²) in [5.41, 5.74) is 2.77. The van der Waals surface area contributed by atoms with Gasteiger partial charge in [-0.15, -0.1) is 0 Å². The predicted molar refractivity (Wildman–Crippen MR) is 81.8 cm³/mol. The standard InChI is InChI=1S/C13H17BO.C3H8/c1-14(15)13-9-7-12(8-10-13)11-5-3-2-4-6-11;1-3-2/h2-7,13,15H,8-10H2,1H3;3H2,1-2H3. The first kappa shape index (κ1) is 15.0. The molecule has 1 atom stereocenters. The van der Waals surface area contributed by atoms with Gasteiger partial charge in [-0.3, -0.25) is 0 Å². The zero-order valence-electron chi connectivity index (χ0n) is 11.9. The molecule has 0 bridgehead atoms. The maximum Gasteiger partial charge on any atom is 0.289 e. The van der Waals surface area contributed by atoms with Crippen LogP contribution < -0.4 is 0 Å². The van der Waals surface area contributed by atoms with Gasteiger partial charge >= 0.3 is 0 Å². The summed E-state index contributed by atoms with van der Waals surface area (Å²) < 4.78 is 0. The molecule has 1 N–H and O–H groups in total. The highest BCUT2D eigenvalue weighted by Crippen LogP contribution is 2.34. The number of allylic oxidation sites excluding steroid dienone is 2. The van der Waals surface area contributed by atoms with E-state index >= 15 is 0 Å². The number of benzene rings is 1. The van der Waals surface area contributed by atoms with Crippen molar-refractivity contribution in [2.75, 3.05) is 0 Å². The largest absolute Gasteiger partial charge is 0.450 e. The average molecular weight is 244 g/mol. The quantitative estimate of drug-likeness (QED) is 0.750. The molecule has 0 fully saturated rings. The third kappa shape index (κ3) is 4.69. The van der Waals surface area contributed by atoms with E-state index in [4.69, 9.17) is 0 Å². The second-order valence-electron chi connectivity index (χ2n) is 5.08. The zero-order chi connectivity index (χ0) is 13.4. The topological polar surface area (TPSA) is 20.2 Å². The number of hydrogen-bond donors (Lipinski definition) is 1. The van der Waals surface area contributed by atoms with E-state index in [0.717, 1.165) is 19.3 Å². The Morgan fingerprint density at radius 3 is 2.28 bits per heavy atom. The van der Waals surface area contributed by atoms with E-state index in [9.17, 15) is 5.02 Å². The Balaban J connectivity index is 0.000000492. The van der Waals surface area contributed by atoms with Crippen LogP contribution in [0.25, 0.3) is 5.57 Å². The summed E-state index contributed by atoms with van der Waals surface area (Å²) in [4.78, 5) is 0. The highest BCUT2D eigenvalue weighted by molar-refractivity contribution is 6.50. The normalized spacial score (nSPS) is 18.4. The fourth-order valence-electron chi connectivity index (χ4n) is 2.21. The van der Waals surface area contributed by atoms with Gasteiger partial charge in [0.2, 0.25) is 0 Å². The Bertz CT molecular complexity index is 357. The zero-order valence-corrected chi connectivity index (χ0v) is 11.9. The van der Waals surface area contributed by atoms with Crippen molar-refractivity contribution in [2.45, 2.75) is 52.2 Å². The average Bonchev–Trinajstić information content (AvgIpc) is 2.41. The molecule has 0 aromatic heterocycles. The molecule has 0 aliphatic heterocycles. The van der Waals surface area contributed by atoms with Crippen molar-refractivity contribution in [1.82, 2.24) is 0 Å². The molecule has 0 amide bonds. The van der Waals surface area contributed by atoms with Crippen LogP contribution in [0.1, 0.15) is 45.1 Å². The van der Waals surface area contributed by atoms with Crippen LogP contribution in [0.2, 0.25) is 12.6 Å². The molecule has 0 heterocycles.